The Labute approximate surface area is 171 Å². The standard InChI is InChI=1S/C19H25N7O.ClH/c1-3-20-18(27)17-12(2)8-15(9-22-17)24-19-21-7-6-16(25-19)26-10-13-4-5-14(11-26)23-13;/h6-9,13-14,23H,3-5,10-11H2,1-2H3,(H,20,27)(H,21,24,25);1H/t13-,14+;. The molecule has 2 aliphatic rings. The van der Waals surface area contributed by atoms with Crippen molar-refractivity contribution < 1.29 is 4.79 Å². The Hall–Kier alpha value is -2.45. The molecule has 0 unspecified atom stereocenters. The van der Waals surface area contributed by atoms with Crippen molar-refractivity contribution in [2.45, 2.75) is 38.8 Å². The highest BCUT2D eigenvalue weighted by atomic mass is 35.5. The summed E-state index contributed by atoms with van der Waals surface area (Å²) < 4.78 is 0. The topological polar surface area (TPSA) is 95.1 Å². The van der Waals surface area contributed by atoms with Gasteiger partial charge in [0.1, 0.15) is 11.5 Å². The molecule has 2 saturated heterocycles. The van der Waals surface area contributed by atoms with Crippen molar-refractivity contribution in [3.05, 3.63) is 35.8 Å². The molecule has 0 spiro atoms. The van der Waals surface area contributed by atoms with Gasteiger partial charge in [-0.05, 0) is 44.4 Å². The molecule has 2 bridgehead atoms. The Kier molecular flexibility index (Phi) is 6.31. The maximum Gasteiger partial charge on any atom is 0.270 e. The molecule has 28 heavy (non-hydrogen) atoms. The zero-order valence-electron chi connectivity index (χ0n) is 16.1. The van der Waals surface area contributed by atoms with Crippen molar-refractivity contribution in [3.8, 4) is 0 Å². The Morgan fingerprint density at radius 3 is 2.71 bits per heavy atom. The highest BCUT2D eigenvalue weighted by Crippen LogP contribution is 2.25. The Bertz CT molecular complexity index is 835. The predicted molar refractivity (Wildman–Crippen MR) is 112 cm³/mol. The number of fused-ring (bicyclic) bond motifs is 2. The second-order valence-electron chi connectivity index (χ2n) is 7.16. The second kappa shape index (κ2) is 8.70. The van der Waals surface area contributed by atoms with Gasteiger partial charge in [0, 0.05) is 37.9 Å². The summed E-state index contributed by atoms with van der Waals surface area (Å²) in [4.78, 5) is 27.6. The summed E-state index contributed by atoms with van der Waals surface area (Å²) in [5.74, 6) is 1.31. The average molecular weight is 404 g/mol. The number of nitrogens with zero attached hydrogens (tertiary/aromatic N) is 4. The van der Waals surface area contributed by atoms with Crippen molar-refractivity contribution in [1.82, 2.24) is 25.6 Å². The summed E-state index contributed by atoms with van der Waals surface area (Å²) in [6.45, 7) is 6.30. The molecule has 0 aromatic carbocycles. The van der Waals surface area contributed by atoms with Gasteiger partial charge in [-0.15, -0.1) is 12.4 Å². The van der Waals surface area contributed by atoms with Gasteiger partial charge >= 0.3 is 0 Å². The van der Waals surface area contributed by atoms with Crippen LogP contribution in [0.25, 0.3) is 0 Å². The fourth-order valence-electron chi connectivity index (χ4n) is 3.82. The minimum atomic E-state index is -0.159. The van der Waals surface area contributed by atoms with Crippen LogP contribution in [0.15, 0.2) is 24.5 Å². The van der Waals surface area contributed by atoms with E-state index in [0.29, 0.717) is 30.3 Å². The summed E-state index contributed by atoms with van der Waals surface area (Å²) in [5, 5.41) is 9.60. The number of carbonyl (C=O) groups is 1. The molecule has 2 aromatic rings. The van der Waals surface area contributed by atoms with Gasteiger partial charge in [0.15, 0.2) is 0 Å². The zero-order chi connectivity index (χ0) is 18.8. The van der Waals surface area contributed by atoms with Crippen LogP contribution < -0.4 is 20.9 Å². The molecule has 0 saturated carbocycles. The summed E-state index contributed by atoms with van der Waals surface area (Å²) in [6, 6.07) is 4.96. The van der Waals surface area contributed by atoms with Crippen LogP contribution in [0.5, 0.6) is 0 Å². The number of nitrogens with one attached hydrogen (secondary N) is 3. The predicted octanol–water partition coefficient (Wildman–Crippen LogP) is 2.04. The van der Waals surface area contributed by atoms with E-state index in [0.717, 1.165) is 30.2 Å². The number of piperazine rings is 1. The molecule has 1 amide bonds. The maximum atomic E-state index is 12.0. The Morgan fingerprint density at radius 1 is 1.29 bits per heavy atom. The lowest BCUT2D eigenvalue weighted by Crippen LogP contribution is -2.51. The molecule has 150 valence electrons. The molecular weight excluding hydrogens is 378 g/mol. The molecule has 3 N–H and O–H groups in total. The molecule has 8 nitrogen and oxygen atoms in total. The van der Waals surface area contributed by atoms with Crippen LogP contribution in [-0.2, 0) is 0 Å². The van der Waals surface area contributed by atoms with Gasteiger partial charge in [0.2, 0.25) is 5.95 Å². The van der Waals surface area contributed by atoms with Crippen LogP contribution in [0.4, 0.5) is 17.5 Å². The second-order valence-corrected chi connectivity index (χ2v) is 7.16. The molecular formula is C19H26ClN7O. The van der Waals surface area contributed by atoms with E-state index in [2.05, 4.69) is 35.8 Å². The lowest BCUT2D eigenvalue weighted by molar-refractivity contribution is 0.0950. The van der Waals surface area contributed by atoms with E-state index in [1.54, 1.807) is 12.4 Å². The van der Waals surface area contributed by atoms with Gasteiger partial charge in [-0.2, -0.15) is 4.98 Å². The number of anilines is 3. The van der Waals surface area contributed by atoms with Crippen molar-refractivity contribution in [3.63, 3.8) is 0 Å². The van der Waals surface area contributed by atoms with Gasteiger partial charge < -0.3 is 20.9 Å². The van der Waals surface area contributed by atoms with E-state index in [9.17, 15) is 4.79 Å². The van der Waals surface area contributed by atoms with Gasteiger partial charge in [-0.1, -0.05) is 0 Å². The number of aryl methyl sites for hydroxylation is 1. The van der Waals surface area contributed by atoms with Crippen LogP contribution in [0, 0.1) is 6.92 Å². The lowest BCUT2D eigenvalue weighted by atomic mass is 10.2. The van der Waals surface area contributed by atoms with E-state index < -0.39 is 0 Å². The van der Waals surface area contributed by atoms with Gasteiger partial charge in [0.05, 0.1) is 11.9 Å². The number of halogens is 1. The van der Waals surface area contributed by atoms with Crippen LogP contribution in [0.1, 0.15) is 35.8 Å². The van der Waals surface area contributed by atoms with E-state index in [1.165, 1.54) is 12.8 Å². The number of aromatic nitrogens is 3. The minimum Gasteiger partial charge on any atom is -0.353 e. The minimum absolute atomic E-state index is 0. The first kappa shape index (κ1) is 20.3. The van der Waals surface area contributed by atoms with E-state index in [1.807, 2.05) is 26.0 Å². The third-order valence-electron chi connectivity index (χ3n) is 5.07. The average Bonchev–Trinajstić information content (AvgIpc) is 3.00. The molecule has 4 rings (SSSR count). The van der Waals surface area contributed by atoms with Crippen LogP contribution >= 0.6 is 12.4 Å². The summed E-state index contributed by atoms with van der Waals surface area (Å²) in [7, 11) is 0. The number of hydrogen-bond donors (Lipinski definition) is 3. The van der Waals surface area contributed by atoms with Crippen molar-refractivity contribution in [2.75, 3.05) is 29.9 Å². The van der Waals surface area contributed by atoms with E-state index in [4.69, 9.17) is 0 Å². The SMILES string of the molecule is CCNC(=O)c1ncc(Nc2nccc(N3C[C@H]4CC[C@@H](C3)N4)n2)cc1C.Cl. The lowest BCUT2D eigenvalue weighted by Gasteiger charge is -2.33. The van der Waals surface area contributed by atoms with E-state index in [-0.39, 0.29) is 18.3 Å². The van der Waals surface area contributed by atoms with Gasteiger partial charge in [0.25, 0.3) is 5.91 Å². The van der Waals surface area contributed by atoms with E-state index >= 15 is 0 Å². The Balaban J connectivity index is 0.00000225. The summed E-state index contributed by atoms with van der Waals surface area (Å²) >= 11 is 0. The monoisotopic (exact) mass is 403 g/mol. The highest BCUT2D eigenvalue weighted by molar-refractivity contribution is 5.93. The number of pyridine rings is 1. The molecule has 9 heteroatoms. The first-order chi connectivity index (χ1) is 13.1. The molecule has 2 fully saturated rings. The molecule has 4 heterocycles. The largest absolute Gasteiger partial charge is 0.353 e. The van der Waals surface area contributed by atoms with Crippen molar-refractivity contribution in [1.29, 1.82) is 0 Å². The quantitative estimate of drug-likeness (QED) is 0.703. The number of rotatable bonds is 5. The molecule has 2 aromatic heterocycles. The van der Waals surface area contributed by atoms with Crippen LogP contribution in [0.2, 0.25) is 0 Å². The molecule has 0 radical (unpaired) electrons. The first-order valence-corrected chi connectivity index (χ1v) is 9.48. The van der Waals surface area contributed by atoms with Gasteiger partial charge in [-0.25, -0.2) is 9.97 Å². The summed E-state index contributed by atoms with van der Waals surface area (Å²) in [6.07, 6.45) is 5.89. The smallest absolute Gasteiger partial charge is 0.270 e. The van der Waals surface area contributed by atoms with Crippen molar-refractivity contribution in [2.24, 2.45) is 0 Å². The molecule has 2 aliphatic heterocycles. The number of carbonyl (C=O) groups excluding carboxylic acids is 1. The fraction of sp³-hybridized carbons (Fsp3) is 0.474. The first-order valence-electron chi connectivity index (χ1n) is 9.48. The van der Waals surface area contributed by atoms with Crippen molar-refractivity contribution >= 4 is 35.8 Å². The summed E-state index contributed by atoms with van der Waals surface area (Å²) in [5.41, 5.74) is 2.01. The number of amides is 1. The fourth-order valence-corrected chi connectivity index (χ4v) is 3.82. The normalized spacial score (nSPS) is 20.4. The third-order valence-corrected chi connectivity index (χ3v) is 5.07. The maximum absolute atomic E-state index is 12.0. The van der Waals surface area contributed by atoms with Crippen LogP contribution in [0.3, 0.4) is 0 Å². The molecule has 2 atom stereocenters. The number of hydrogen-bond acceptors (Lipinski definition) is 7. The molecule has 0 aliphatic carbocycles. The van der Waals surface area contributed by atoms with Crippen LogP contribution in [-0.4, -0.2) is 52.6 Å². The van der Waals surface area contributed by atoms with Gasteiger partial charge in [-0.3, -0.25) is 4.79 Å². The zero-order valence-corrected chi connectivity index (χ0v) is 16.9. The highest BCUT2D eigenvalue weighted by Gasteiger charge is 2.32. The Morgan fingerprint density at radius 2 is 2.04 bits per heavy atom. The third kappa shape index (κ3) is 4.34.